The fraction of sp³-hybridized carbons (Fsp3) is 1.00. The molecule has 2 aliphatic heterocycles. The topological polar surface area (TPSA) is 0 Å². The van der Waals surface area contributed by atoms with E-state index in [-0.39, 0.29) is 0 Å². The highest BCUT2D eigenvalue weighted by molar-refractivity contribution is 8.20. The molecule has 0 bridgehead atoms. The van der Waals surface area contributed by atoms with Crippen molar-refractivity contribution < 1.29 is 0 Å². The van der Waals surface area contributed by atoms with Crippen molar-refractivity contribution in [2.24, 2.45) is 29.1 Å². The van der Waals surface area contributed by atoms with E-state index in [4.69, 9.17) is 0 Å². The van der Waals surface area contributed by atoms with Crippen LogP contribution in [0.4, 0.5) is 0 Å². The first-order valence-electron chi connectivity index (χ1n) is 9.16. The summed E-state index contributed by atoms with van der Waals surface area (Å²) in [5, 5.41) is 0. The van der Waals surface area contributed by atoms with E-state index in [0.29, 0.717) is 13.6 Å². The SMILES string of the molecule is CC(C)C1(C(C)C)SCC2(CS1)CSC(C(C)C)(C(C)C)SC2. The average Bonchev–Trinajstić information content (AvgIpc) is 2.48. The summed E-state index contributed by atoms with van der Waals surface area (Å²) in [6.07, 6.45) is 0. The molecule has 0 N–H and O–H groups in total. The van der Waals surface area contributed by atoms with Crippen LogP contribution in [0, 0.1) is 29.1 Å². The molecule has 0 aliphatic carbocycles. The second-order valence-electron chi connectivity index (χ2n) is 8.72. The van der Waals surface area contributed by atoms with Gasteiger partial charge in [0.25, 0.3) is 0 Å². The first-order valence-corrected chi connectivity index (χ1v) is 13.1. The average molecular weight is 393 g/mol. The van der Waals surface area contributed by atoms with Gasteiger partial charge in [-0.25, -0.2) is 0 Å². The molecule has 2 fully saturated rings. The summed E-state index contributed by atoms with van der Waals surface area (Å²) in [5.74, 6) is 8.47. The van der Waals surface area contributed by atoms with Gasteiger partial charge in [0.05, 0.1) is 8.16 Å². The van der Waals surface area contributed by atoms with Crippen LogP contribution in [-0.2, 0) is 0 Å². The number of hydrogen-bond donors (Lipinski definition) is 0. The lowest BCUT2D eigenvalue weighted by atomic mass is 9.97. The van der Waals surface area contributed by atoms with Crippen LogP contribution in [0.15, 0.2) is 0 Å². The fourth-order valence-electron chi connectivity index (χ4n) is 4.06. The lowest BCUT2D eigenvalue weighted by Crippen LogP contribution is -2.50. The van der Waals surface area contributed by atoms with E-state index in [1.165, 1.54) is 23.0 Å². The van der Waals surface area contributed by atoms with Crippen LogP contribution >= 0.6 is 47.0 Å². The Morgan fingerprint density at radius 3 is 0.870 bits per heavy atom. The zero-order valence-corrected chi connectivity index (χ0v) is 19.5. The molecule has 2 saturated heterocycles. The third kappa shape index (κ3) is 3.76. The van der Waals surface area contributed by atoms with Crippen molar-refractivity contribution in [3.8, 4) is 0 Å². The Balaban J connectivity index is 2.06. The summed E-state index contributed by atoms with van der Waals surface area (Å²) < 4.78 is 0.871. The van der Waals surface area contributed by atoms with Crippen LogP contribution in [0.5, 0.6) is 0 Å². The molecule has 4 heteroatoms. The second kappa shape index (κ2) is 7.56. The van der Waals surface area contributed by atoms with Gasteiger partial charge in [0.2, 0.25) is 0 Å². The standard InChI is InChI=1S/C19H36S4/c1-13(2)18(14(3)4)20-9-17(10-21-18)11-22-19(15(5)6,16(7)8)23-12-17/h13-16H,9-12H2,1-8H3. The molecule has 1 spiro atoms. The van der Waals surface area contributed by atoms with Gasteiger partial charge in [-0.15, -0.1) is 47.0 Å². The van der Waals surface area contributed by atoms with E-state index in [1.807, 2.05) is 0 Å². The molecule has 2 aliphatic rings. The van der Waals surface area contributed by atoms with Gasteiger partial charge in [-0.2, -0.15) is 0 Å². The zero-order chi connectivity index (χ0) is 17.5. The highest BCUT2D eigenvalue weighted by Gasteiger charge is 2.52. The van der Waals surface area contributed by atoms with Crippen molar-refractivity contribution in [1.82, 2.24) is 0 Å². The van der Waals surface area contributed by atoms with E-state index in [1.54, 1.807) is 0 Å². The Hall–Kier alpha value is 1.40. The molecule has 0 amide bonds. The Bertz CT molecular complexity index is 323. The van der Waals surface area contributed by atoms with Gasteiger partial charge >= 0.3 is 0 Å². The fourth-order valence-corrected chi connectivity index (χ4v) is 12.2. The van der Waals surface area contributed by atoms with Crippen LogP contribution in [-0.4, -0.2) is 31.2 Å². The van der Waals surface area contributed by atoms with Crippen molar-refractivity contribution in [3.63, 3.8) is 0 Å². The minimum absolute atomic E-state index is 0.436. The van der Waals surface area contributed by atoms with Gasteiger partial charge in [0.15, 0.2) is 0 Å². The molecule has 0 aromatic carbocycles. The van der Waals surface area contributed by atoms with Crippen LogP contribution in [0.25, 0.3) is 0 Å². The van der Waals surface area contributed by atoms with Gasteiger partial charge in [0, 0.05) is 28.4 Å². The Morgan fingerprint density at radius 2 is 0.696 bits per heavy atom. The van der Waals surface area contributed by atoms with Gasteiger partial charge in [-0.1, -0.05) is 55.4 Å². The van der Waals surface area contributed by atoms with Crippen LogP contribution in [0.1, 0.15) is 55.4 Å². The van der Waals surface area contributed by atoms with Crippen molar-refractivity contribution in [2.75, 3.05) is 23.0 Å². The first-order chi connectivity index (χ1) is 10.6. The molecule has 0 saturated carbocycles. The molecule has 0 atom stereocenters. The third-order valence-electron chi connectivity index (χ3n) is 5.63. The van der Waals surface area contributed by atoms with E-state index >= 15 is 0 Å². The normalized spacial score (nSPS) is 26.6. The van der Waals surface area contributed by atoms with Crippen molar-refractivity contribution in [3.05, 3.63) is 0 Å². The predicted molar refractivity (Wildman–Crippen MR) is 117 cm³/mol. The summed E-state index contributed by atoms with van der Waals surface area (Å²) in [4.78, 5) is 0. The van der Waals surface area contributed by atoms with Crippen LogP contribution in [0.3, 0.4) is 0 Å². The molecular formula is C19H36S4. The number of thioether (sulfide) groups is 4. The maximum Gasteiger partial charge on any atom is 0.0656 e. The Labute approximate surface area is 162 Å². The summed E-state index contributed by atoms with van der Waals surface area (Å²) in [7, 11) is 0. The third-order valence-corrected chi connectivity index (χ3v) is 15.7. The van der Waals surface area contributed by atoms with E-state index in [0.717, 1.165) is 23.7 Å². The van der Waals surface area contributed by atoms with Crippen LogP contribution < -0.4 is 0 Å². The molecule has 0 aromatic rings. The Morgan fingerprint density at radius 1 is 0.478 bits per heavy atom. The lowest BCUT2D eigenvalue weighted by Gasteiger charge is -2.54. The van der Waals surface area contributed by atoms with Gasteiger partial charge in [0.1, 0.15) is 0 Å². The van der Waals surface area contributed by atoms with Crippen molar-refractivity contribution in [1.29, 1.82) is 0 Å². The largest absolute Gasteiger partial charge is 0.143 e. The maximum atomic E-state index is 2.42. The molecule has 0 radical (unpaired) electrons. The molecule has 2 rings (SSSR count). The molecule has 2 heterocycles. The summed E-state index contributed by atoms with van der Waals surface area (Å²) >= 11 is 9.14. The quantitative estimate of drug-likeness (QED) is 0.507. The van der Waals surface area contributed by atoms with Gasteiger partial charge < -0.3 is 0 Å². The minimum Gasteiger partial charge on any atom is -0.143 e. The predicted octanol–water partition coefficient (Wildman–Crippen LogP) is 6.95. The zero-order valence-electron chi connectivity index (χ0n) is 16.3. The number of hydrogen-bond acceptors (Lipinski definition) is 4. The molecule has 0 unspecified atom stereocenters. The summed E-state index contributed by atoms with van der Waals surface area (Å²) in [6.45, 7) is 19.4. The smallest absolute Gasteiger partial charge is 0.0656 e. The van der Waals surface area contributed by atoms with E-state index < -0.39 is 0 Å². The summed E-state index contributed by atoms with van der Waals surface area (Å²) in [6, 6.07) is 0. The summed E-state index contributed by atoms with van der Waals surface area (Å²) in [5.41, 5.74) is 0.561. The highest BCUT2D eigenvalue weighted by atomic mass is 32.2. The molecule has 0 aromatic heterocycles. The molecule has 136 valence electrons. The van der Waals surface area contributed by atoms with Gasteiger partial charge in [-0.05, 0) is 23.7 Å². The molecule has 0 nitrogen and oxygen atoms in total. The van der Waals surface area contributed by atoms with Gasteiger partial charge in [-0.3, -0.25) is 0 Å². The van der Waals surface area contributed by atoms with E-state index in [9.17, 15) is 0 Å². The second-order valence-corrected chi connectivity index (χ2v) is 14.2. The monoisotopic (exact) mass is 392 g/mol. The molecular weight excluding hydrogens is 356 g/mol. The molecule has 23 heavy (non-hydrogen) atoms. The first kappa shape index (κ1) is 20.7. The van der Waals surface area contributed by atoms with Crippen molar-refractivity contribution in [2.45, 2.75) is 63.5 Å². The number of rotatable bonds is 4. The lowest BCUT2D eigenvalue weighted by molar-refractivity contribution is 0.411. The minimum atomic E-state index is 0.436. The van der Waals surface area contributed by atoms with E-state index in [2.05, 4.69) is 102 Å². The maximum absolute atomic E-state index is 2.42. The Kier molecular flexibility index (Phi) is 6.81. The highest BCUT2D eigenvalue weighted by Crippen LogP contribution is 2.62. The van der Waals surface area contributed by atoms with Crippen LogP contribution in [0.2, 0.25) is 0 Å². The van der Waals surface area contributed by atoms with Crippen molar-refractivity contribution >= 4 is 47.0 Å².